The lowest BCUT2D eigenvalue weighted by molar-refractivity contribution is -0.341. The lowest BCUT2D eigenvalue weighted by Gasteiger charge is -2.53. The van der Waals surface area contributed by atoms with Crippen LogP contribution in [-0.4, -0.2) is 98.3 Å². The average molecular weight is 649 g/mol. The van der Waals surface area contributed by atoms with Crippen LogP contribution < -0.4 is 0 Å². The molecule has 0 unspecified atom stereocenters. The number of ether oxygens (including phenoxy) is 2. The molecule has 1 saturated carbocycles. The molecule has 0 aromatic rings. The number of allylic oxidation sites excluding steroid dienone is 1. The van der Waals surface area contributed by atoms with Crippen molar-refractivity contribution >= 4 is 11.6 Å². The van der Waals surface area contributed by atoms with E-state index < -0.39 is 76.8 Å². The first-order valence-corrected chi connectivity index (χ1v) is 16.9. The zero-order valence-corrected chi connectivity index (χ0v) is 28.1. The van der Waals surface area contributed by atoms with Gasteiger partial charge in [-0.15, -0.1) is 0 Å². The lowest BCUT2D eigenvalue weighted by atomic mass is 9.50. The molecule has 7 aliphatic rings. The summed E-state index contributed by atoms with van der Waals surface area (Å²) in [5.41, 5.74) is 0.00115. The Hall–Kier alpha value is -1.54. The van der Waals surface area contributed by atoms with Crippen LogP contribution in [0.4, 0.5) is 0 Å². The summed E-state index contributed by atoms with van der Waals surface area (Å²) in [5.74, 6) is -1.41. The van der Waals surface area contributed by atoms with Gasteiger partial charge in [-0.25, -0.2) is 9.78 Å². The van der Waals surface area contributed by atoms with E-state index in [9.17, 15) is 35.1 Å². The standard InChI is InChI=1S/C35H52O11/c1-16(12-17(36)14-32(2,3)42)24-27(39)30(41)35(7)20-13-22-25-19(29(46-45-22)18(20)10-11-34(24,35)6)8-9-23(33(25,4)5)44-31-28(40)26(38)21(37)15-43-31/h10,16,20-24,26,28-31,37-38,40-42H,8-9,11-15H2,1-7H3/t16-,20-,21+,22+,23+,24+,26+,28-,29-,30+,31+,34-,35-/m1/s1. The smallest absolute Gasteiger partial charge is 0.186 e. The fraction of sp³-hybridized carbons (Fsp3) is 0.829. The van der Waals surface area contributed by atoms with Crippen LogP contribution in [0.5, 0.6) is 0 Å². The topological polar surface area (TPSA) is 172 Å². The highest BCUT2D eigenvalue weighted by Gasteiger charge is 2.70. The molecular weight excluding hydrogens is 596 g/mol. The number of aliphatic hydroxyl groups excluding tert-OH is 4. The summed E-state index contributed by atoms with van der Waals surface area (Å²) in [7, 11) is 0. The molecular formula is C35H52O11. The van der Waals surface area contributed by atoms with Crippen molar-refractivity contribution in [2.24, 2.45) is 34.0 Å². The third kappa shape index (κ3) is 5.11. The Morgan fingerprint density at radius 3 is 2.48 bits per heavy atom. The van der Waals surface area contributed by atoms with Crippen LogP contribution in [-0.2, 0) is 28.8 Å². The summed E-state index contributed by atoms with van der Waals surface area (Å²) in [6.07, 6.45) is -3.00. The molecule has 2 bridgehead atoms. The van der Waals surface area contributed by atoms with Gasteiger partial charge in [-0.1, -0.05) is 40.7 Å². The van der Waals surface area contributed by atoms with Crippen LogP contribution in [0.25, 0.3) is 0 Å². The zero-order chi connectivity index (χ0) is 33.7. The van der Waals surface area contributed by atoms with Crippen molar-refractivity contribution < 1.29 is 54.4 Å². The molecule has 3 aliphatic heterocycles. The molecule has 0 spiro atoms. The van der Waals surface area contributed by atoms with E-state index >= 15 is 0 Å². The van der Waals surface area contributed by atoms with E-state index in [2.05, 4.69) is 26.8 Å². The second-order valence-electron chi connectivity index (χ2n) is 16.5. The van der Waals surface area contributed by atoms with Gasteiger partial charge in [0.2, 0.25) is 0 Å². The molecule has 46 heavy (non-hydrogen) atoms. The molecule has 7 rings (SSSR count). The van der Waals surface area contributed by atoms with Crippen LogP contribution in [0.1, 0.15) is 87.0 Å². The van der Waals surface area contributed by atoms with Gasteiger partial charge in [0.05, 0.1) is 18.3 Å². The Kier molecular flexibility index (Phi) is 8.60. The Morgan fingerprint density at radius 2 is 1.80 bits per heavy atom. The molecule has 3 fully saturated rings. The van der Waals surface area contributed by atoms with Gasteiger partial charge < -0.3 is 35.0 Å². The maximum atomic E-state index is 14.0. The van der Waals surface area contributed by atoms with E-state index in [-0.39, 0.29) is 42.9 Å². The molecule has 0 aromatic heterocycles. The van der Waals surface area contributed by atoms with Crippen LogP contribution in [0.2, 0.25) is 0 Å². The Labute approximate surface area is 270 Å². The number of aliphatic hydroxyl groups is 5. The van der Waals surface area contributed by atoms with E-state index in [4.69, 9.17) is 19.2 Å². The van der Waals surface area contributed by atoms with Crippen LogP contribution in [0, 0.1) is 34.0 Å². The first-order chi connectivity index (χ1) is 21.3. The molecule has 2 saturated heterocycles. The molecule has 258 valence electrons. The number of hydrogen-bond donors (Lipinski definition) is 5. The maximum absolute atomic E-state index is 14.0. The number of ketones is 2. The van der Waals surface area contributed by atoms with Crippen LogP contribution in [0.15, 0.2) is 22.8 Å². The van der Waals surface area contributed by atoms with Crippen LogP contribution in [0.3, 0.4) is 0 Å². The maximum Gasteiger partial charge on any atom is 0.186 e. The molecule has 0 radical (unpaired) electrons. The van der Waals surface area contributed by atoms with Gasteiger partial charge >= 0.3 is 0 Å². The molecule has 4 aliphatic carbocycles. The highest BCUT2D eigenvalue weighted by Crippen LogP contribution is 2.69. The SMILES string of the molecule is C[C@H](CC(=O)CC(C)(C)O)[C@H]1C(=O)[C@H](O)[C@@]2(C)[C@@H]3C[C@@H]4OO[C@H](C3=CC[C@]12C)C1=C4C(C)(C)[C@@H](O[C@@H]2OC[C@H](O)[C@H](O)[C@H]2O)CC1. The predicted octanol–water partition coefficient (Wildman–Crippen LogP) is 2.30. The molecule has 11 nitrogen and oxygen atoms in total. The van der Waals surface area contributed by atoms with Gasteiger partial charge in [-0.3, -0.25) is 9.59 Å². The largest absolute Gasteiger partial charge is 0.390 e. The van der Waals surface area contributed by atoms with Gasteiger partial charge in [0.1, 0.15) is 42.4 Å². The van der Waals surface area contributed by atoms with Gasteiger partial charge in [0.15, 0.2) is 12.1 Å². The second-order valence-corrected chi connectivity index (χ2v) is 16.5. The van der Waals surface area contributed by atoms with Crippen molar-refractivity contribution in [3.05, 3.63) is 22.8 Å². The second kappa shape index (κ2) is 11.5. The summed E-state index contributed by atoms with van der Waals surface area (Å²) >= 11 is 0. The summed E-state index contributed by atoms with van der Waals surface area (Å²) in [5, 5.41) is 52.7. The van der Waals surface area contributed by atoms with E-state index in [1.165, 1.54) is 0 Å². The number of rotatable bonds is 7. The molecule has 0 aromatic carbocycles. The first-order valence-electron chi connectivity index (χ1n) is 16.9. The van der Waals surface area contributed by atoms with E-state index in [0.29, 0.717) is 25.7 Å². The highest BCUT2D eigenvalue weighted by molar-refractivity contribution is 5.91. The quantitative estimate of drug-likeness (QED) is 0.203. The minimum atomic E-state index is -1.40. The number of fused-ring (bicyclic) bond motifs is 2. The molecule has 11 heteroatoms. The van der Waals surface area contributed by atoms with Crippen molar-refractivity contribution in [2.45, 2.75) is 142 Å². The molecule has 3 heterocycles. The van der Waals surface area contributed by atoms with E-state index in [1.807, 2.05) is 13.8 Å². The zero-order valence-electron chi connectivity index (χ0n) is 28.1. The number of carbonyl (C=O) groups is 2. The van der Waals surface area contributed by atoms with Crippen molar-refractivity contribution in [2.75, 3.05) is 6.61 Å². The highest BCUT2D eigenvalue weighted by atomic mass is 17.2. The van der Waals surface area contributed by atoms with Crippen molar-refractivity contribution in [3.8, 4) is 0 Å². The number of hydrogen-bond acceptors (Lipinski definition) is 11. The monoisotopic (exact) mass is 648 g/mol. The molecule has 5 N–H and O–H groups in total. The minimum absolute atomic E-state index is 0.00554. The predicted molar refractivity (Wildman–Crippen MR) is 164 cm³/mol. The molecule has 13 atom stereocenters. The Bertz CT molecular complexity index is 1310. The van der Waals surface area contributed by atoms with Crippen LogP contribution >= 0.6 is 0 Å². The minimum Gasteiger partial charge on any atom is -0.390 e. The van der Waals surface area contributed by atoms with Gasteiger partial charge in [0.25, 0.3) is 0 Å². The number of Topliss-reactive ketones (excluding diaryl/α,β-unsaturated/α-hetero) is 2. The fourth-order valence-electron chi connectivity index (χ4n) is 10.2. The normalized spacial score (nSPS) is 45.8. The molecule has 0 amide bonds. The fourth-order valence-corrected chi connectivity index (χ4v) is 10.2. The van der Waals surface area contributed by atoms with Crippen molar-refractivity contribution in [1.29, 1.82) is 0 Å². The van der Waals surface area contributed by atoms with Gasteiger partial charge in [-0.05, 0) is 73.5 Å². The number of carbonyl (C=O) groups excluding carboxylic acids is 2. The van der Waals surface area contributed by atoms with Gasteiger partial charge in [0, 0.05) is 29.6 Å². The Balaban J connectivity index is 1.29. The third-order valence-electron chi connectivity index (χ3n) is 12.6. The average Bonchev–Trinajstić information content (AvgIpc) is 3.12. The van der Waals surface area contributed by atoms with Gasteiger partial charge in [-0.2, -0.15) is 0 Å². The van der Waals surface area contributed by atoms with Crippen molar-refractivity contribution in [3.63, 3.8) is 0 Å². The van der Waals surface area contributed by atoms with E-state index in [0.717, 1.165) is 16.7 Å². The summed E-state index contributed by atoms with van der Waals surface area (Å²) in [6, 6.07) is 0. The van der Waals surface area contributed by atoms with E-state index in [1.54, 1.807) is 13.8 Å². The summed E-state index contributed by atoms with van der Waals surface area (Å²) in [6.45, 7) is 13.2. The lowest BCUT2D eigenvalue weighted by Crippen LogP contribution is -2.56. The summed E-state index contributed by atoms with van der Waals surface area (Å²) in [4.78, 5) is 39.1. The first kappa shape index (κ1) is 34.3. The van der Waals surface area contributed by atoms with Crippen molar-refractivity contribution in [1.82, 2.24) is 0 Å². The Morgan fingerprint density at radius 1 is 1.11 bits per heavy atom. The summed E-state index contributed by atoms with van der Waals surface area (Å²) < 4.78 is 11.9. The third-order valence-corrected chi connectivity index (χ3v) is 12.6.